The van der Waals surface area contributed by atoms with Crippen LogP contribution in [0.2, 0.25) is 0 Å². The molecular weight excluding hydrogens is 236 g/mol. The summed E-state index contributed by atoms with van der Waals surface area (Å²) in [6.07, 6.45) is 1.18. The molecule has 0 aliphatic rings. The van der Waals surface area contributed by atoms with Crippen molar-refractivity contribution in [3.8, 4) is 0 Å². The van der Waals surface area contributed by atoms with E-state index in [2.05, 4.69) is 57.1 Å². The molecule has 0 aliphatic carbocycles. The minimum absolute atomic E-state index is 0.322. The van der Waals surface area contributed by atoms with E-state index in [0.717, 1.165) is 22.7 Å². The third kappa shape index (κ3) is 3.09. The van der Waals surface area contributed by atoms with E-state index in [4.69, 9.17) is 4.42 Å². The number of aromatic nitrogens is 1. The van der Waals surface area contributed by atoms with Crippen LogP contribution in [0.3, 0.4) is 0 Å². The van der Waals surface area contributed by atoms with Crippen LogP contribution in [0.1, 0.15) is 52.8 Å². The van der Waals surface area contributed by atoms with Crippen molar-refractivity contribution in [2.45, 2.75) is 53.0 Å². The highest BCUT2D eigenvalue weighted by atomic mass is 16.3. The summed E-state index contributed by atoms with van der Waals surface area (Å²) in [6.45, 7) is 10.9. The molecule has 0 spiro atoms. The summed E-state index contributed by atoms with van der Waals surface area (Å²) >= 11 is 0. The molecular formula is C16H24N2O. The zero-order chi connectivity index (χ0) is 14.0. The van der Waals surface area contributed by atoms with Crippen LogP contribution < -0.4 is 5.32 Å². The molecule has 2 rings (SSSR count). The quantitative estimate of drug-likeness (QED) is 0.839. The Morgan fingerprint density at radius 3 is 2.58 bits per heavy atom. The zero-order valence-corrected chi connectivity index (χ0v) is 12.5. The molecule has 1 aromatic heterocycles. The third-order valence-electron chi connectivity index (χ3n) is 3.79. The van der Waals surface area contributed by atoms with Gasteiger partial charge in [0.25, 0.3) is 0 Å². The molecule has 0 aliphatic heterocycles. The van der Waals surface area contributed by atoms with E-state index < -0.39 is 0 Å². The first-order chi connectivity index (χ1) is 9.01. The maximum Gasteiger partial charge on any atom is 0.198 e. The van der Waals surface area contributed by atoms with Crippen LogP contribution in [0.25, 0.3) is 11.1 Å². The molecule has 2 aromatic rings. The molecule has 0 saturated carbocycles. The molecule has 2 unspecified atom stereocenters. The molecule has 3 nitrogen and oxygen atoms in total. The van der Waals surface area contributed by atoms with Crippen molar-refractivity contribution in [2.24, 2.45) is 5.92 Å². The van der Waals surface area contributed by atoms with Crippen LogP contribution in [0.4, 0.5) is 5.69 Å². The van der Waals surface area contributed by atoms with Gasteiger partial charge in [-0.15, -0.1) is 0 Å². The van der Waals surface area contributed by atoms with Crippen LogP contribution >= 0.6 is 0 Å². The topological polar surface area (TPSA) is 38.1 Å². The Morgan fingerprint density at radius 1 is 1.21 bits per heavy atom. The van der Waals surface area contributed by atoms with E-state index in [1.165, 1.54) is 6.42 Å². The number of anilines is 1. The van der Waals surface area contributed by atoms with Crippen LogP contribution in [-0.4, -0.2) is 11.0 Å². The summed E-state index contributed by atoms with van der Waals surface area (Å²) < 4.78 is 5.72. The summed E-state index contributed by atoms with van der Waals surface area (Å²) in [6, 6.07) is 6.60. The molecule has 19 heavy (non-hydrogen) atoms. The van der Waals surface area contributed by atoms with Crippen LogP contribution in [0, 0.1) is 5.92 Å². The van der Waals surface area contributed by atoms with Crippen molar-refractivity contribution >= 4 is 16.8 Å². The van der Waals surface area contributed by atoms with E-state index in [1.807, 2.05) is 6.07 Å². The summed E-state index contributed by atoms with van der Waals surface area (Å²) in [4.78, 5) is 4.54. The van der Waals surface area contributed by atoms with Gasteiger partial charge < -0.3 is 9.73 Å². The molecule has 0 saturated heterocycles. The Morgan fingerprint density at radius 2 is 1.95 bits per heavy atom. The lowest BCUT2D eigenvalue weighted by Gasteiger charge is -2.20. The van der Waals surface area contributed by atoms with E-state index in [1.54, 1.807) is 0 Å². The summed E-state index contributed by atoms with van der Waals surface area (Å²) in [5.74, 6) is 1.78. The zero-order valence-electron chi connectivity index (χ0n) is 12.5. The van der Waals surface area contributed by atoms with Crippen LogP contribution in [0.5, 0.6) is 0 Å². The smallest absolute Gasteiger partial charge is 0.198 e. The fourth-order valence-electron chi connectivity index (χ4n) is 2.04. The number of hydrogen-bond donors (Lipinski definition) is 1. The van der Waals surface area contributed by atoms with Gasteiger partial charge in [0.1, 0.15) is 5.52 Å². The number of nitrogens with zero attached hydrogens (tertiary/aromatic N) is 1. The second kappa shape index (κ2) is 5.64. The van der Waals surface area contributed by atoms with E-state index in [-0.39, 0.29) is 0 Å². The second-order valence-electron chi connectivity index (χ2n) is 5.71. The standard InChI is InChI=1S/C16H24N2O/c1-6-11(4)12(5)17-13-7-8-15-14(9-13)18-16(19-15)10(2)3/h7-12,17H,6H2,1-5H3. The lowest BCUT2D eigenvalue weighted by molar-refractivity contribution is 0.494. The first-order valence-electron chi connectivity index (χ1n) is 7.18. The molecule has 1 aromatic carbocycles. The monoisotopic (exact) mass is 260 g/mol. The van der Waals surface area contributed by atoms with Gasteiger partial charge in [-0.3, -0.25) is 0 Å². The average Bonchev–Trinajstić information content (AvgIpc) is 2.81. The third-order valence-corrected chi connectivity index (χ3v) is 3.79. The largest absolute Gasteiger partial charge is 0.440 e. The van der Waals surface area contributed by atoms with E-state index in [9.17, 15) is 0 Å². The number of hydrogen-bond acceptors (Lipinski definition) is 3. The van der Waals surface area contributed by atoms with Crippen molar-refractivity contribution in [2.75, 3.05) is 5.32 Å². The SMILES string of the molecule is CCC(C)C(C)Nc1ccc2oc(C(C)C)nc2c1. The Labute approximate surface area is 115 Å². The Bertz CT molecular complexity index is 545. The molecule has 2 atom stereocenters. The summed E-state index contributed by atoms with van der Waals surface area (Å²) in [5, 5.41) is 3.54. The average molecular weight is 260 g/mol. The number of benzene rings is 1. The predicted molar refractivity (Wildman–Crippen MR) is 80.6 cm³/mol. The maximum absolute atomic E-state index is 5.72. The van der Waals surface area contributed by atoms with Crippen molar-refractivity contribution < 1.29 is 4.42 Å². The highest BCUT2D eigenvalue weighted by Gasteiger charge is 2.12. The first-order valence-corrected chi connectivity index (χ1v) is 7.18. The van der Waals surface area contributed by atoms with E-state index in [0.29, 0.717) is 17.9 Å². The molecule has 3 heteroatoms. The Balaban J connectivity index is 2.21. The van der Waals surface area contributed by atoms with Gasteiger partial charge in [-0.2, -0.15) is 0 Å². The van der Waals surface area contributed by atoms with Crippen molar-refractivity contribution in [1.29, 1.82) is 0 Å². The van der Waals surface area contributed by atoms with Gasteiger partial charge >= 0.3 is 0 Å². The fourth-order valence-corrected chi connectivity index (χ4v) is 2.04. The Kier molecular flexibility index (Phi) is 4.13. The molecule has 1 N–H and O–H groups in total. The normalized spacial score (nSPS) is 14.8. The number of oxazole rings is 1. The minimum Gasteiger partial charge on any atom is -0.440 e. The highest BCUT2D eigenvalue weighted by Crippen LogP contribution is 2.24. The predicted octanol–water partition coefficient (Wildman–Crippen LogP) is 4.80. The maximum atomic E-state index is 5.72. The van der Waals surface area contributed by atoms with Crippen LogP contribution in [0.15, 0.2) is 22.6 Å². The van der Waals surface area contributed by atoms with Crippen molar-refractivity contribution in [1.82, 2.24) is 4.98 Å². The number of fused-ring (bicyclic) bond motifs is 1. The van der Waals surface area contributed by atoms with Gasteiger partial charge in [0.05, 0.1) is 0 Å². The van der Waals surface area contributed by atoms with Gasteiger partial charge in [-0.05, 0) is 31.0 Å². The second-order valence-corrected chi connectivity index (χ2v) is 5.71. The first kappa shape index (κ1) is 13.9. The van der Waals surface area contributed by atoms with Gasteiger partial charge in [-0.1, -0.05) is 34.1 Å². The molecule has 0 fully saturated rings. The summed E-state index contributed by atoms with van der Waals surface area (Å²) in [7, 11) is 0. The van der Waals surface area contributed by atoms with Gasteiger partial charge in [0.2, 0.25) is 0 Å². The van der Waals surface area contributed by atoms with Crippen molar-refractivity contribution in [3.63, 3.8) is 0 Å². The highest BCUT2D eigenvalue weighted by molar-refractivity contribution is 5.77. The fraction of sp³-hybridized carbons (Fsp3) is 0.562. The molecule has 104 valence electrons. The lowest BCUT2D eigenvalue weighted by Crippen LogP contribution is -2.23. The molecule has 0 radical (unpaired) electrons. The number of nitrogens with one attached hydrogen (secondary N) is 1. The van der Waals surface area contributed by atoms with Crippen LogP contribution in [-0.2, 0) is 0 Å². The number of rotatable bonds is 5. The van der Waals surface area contributed by atoms with Crippen molar-refractivity contribution in [3.05, 3.63) is 24.1 Å². The Hall–Kier alpha value is -1.51. The van der Waals surface area contributed by atoms with E-state index >= 15 is 0 Å². The lowest BCUT2D eigenvalue weighted by atomic mass is 10.0. The molecule has 1 heterocycles. The molecule has 0 amide bonds. The summed E-state index contributed by atoms with van der Waals surface area (Å²) in [5.41, 5.74) is 2.92. The minimum atomic E-state index is 0.322. The van der Waals surface area contributed by atoms with Gasteiger partial charge in [0, 0.05) is 17.6 Å². The van der Waals surface area contributed by atoms with Gasteiger partial charge in [-0.25, -0.2) is 4.98 Å². The van der Waals surface area contributed by atoms with Gasteiger partial charge in [0.15, 0.2) is 11.5 Å². The molecule has 0 bridgehead atoms.